The zero-order valence-corrected chi connectivity index (χ0v) is 20.5. The number of carbonyl (C=O) groups excluding carboxylic acids is 2. The quantitative estimate of drug-likeness (QED) is 0.549. The summed E-state index contributed by atoms with van der Waals surface area (Å²) in [5.41, 5.74) is 0.807. The first-order valence-electron chi connectivity index (χ1n) is 12.8. The monoisotopic (exact) mass is 508 g/mol. The summed E-state index contributed by atoms with van der Waals surface area (Å²) < 4.78 is 27.5. The molecule has 0 spiro atoms. The zero-order valence-electron chi connectivity index (χ0n) is 20.5. The number of H-pyrrole nitrogens is 1. The Labute approximate surface area is 213 Å². The van der Waals surface area contributed by atoms with Crippen LogP contribution in [0.15, 0.2) is 53.3 Å². The SMILES string of the molecule is O=C(NCC1CCCCC1)C1CN(c2ccc(F)c(F)c2)CCN1C(=O)c1cc(=O)[nH]c2ccccc12. The average Bonchev–Trinajstić information content (AvgIpc) is 2.92. The number of aromatic nitrogens is 1. The molecule has 1 unspecified atom stereocenters. The summed E-state index contributed by atoms with van der Waals surface area (Å²) in [6, 6.07) is 11.1. The molecular formula is C28H30F2N4O3. The van der Waals surface area contributed by atoms with Crippen molar-refractivity contribution in [1.29, 1.82) is 0 Å². The summed E-state index contributed by atoms with van der Waals surface area (Å²) in [5.74, 6) is -2.21. The molecule has 2 heterocycles. The summed E-state index contributed by atoms with van der Waals surface area (Å²) in [5, 5.41) is 3.63. The second-order valence-electron chi connectivity index (χ2n) is 9.90. The van der Waals surface area contributed by atoms with Gasteiger partial charge in [-0.25, -0.2) is 8.78 Å². The number of halogens is 2. The van der Waals surface area contributed by atoms with Crippen LogP contribution in [0.3, 0.4) is 0 Å². The predicted octanol–water partition coefficient (Wildman–Crippen LogP) is 3.83. The van der Waals surface area contributed by atoms with Crippen LogP contribution in [-0.2, 0) is 4.79 Å². The molecule has 7 nitrogen and oxygen atoms in total. The van der Waals surface area contributed by atoms with Crippen molar-refractivity contribution in [2.45, 2.75) is 38.1 Å². The van der Waals surface area contributed by atoms with Crippen molar-refractivity contribution < 1.29 is 18.4 Å². The lowest BCUT2D eigenvalue weighted by atomic mass is 9.89. The minimum Gasteiger partial charge on any atom is -0.367 e. The highest BCUT2D eigenvalue weighted by molar-refractivity contribution is 6.07. The molecule has 2 aliphatic rings. The van der Waals surface area contributed by atoms with E-state index >= 15 is 0 Å². The lowest BCUT2D eigenvalue weighted by Crippen LogP contribution is -2.61. The molecule has 1 aliphatic heterocycles. The Balaban J connectivity index is 1.43. The third-order valence-corrected chi connectivity index (χ3v) is 7.48. The Morgan fingerprint density at radius 1 is 0.973 bits per heavy atom. The predicted molar refractivity (Wildman–Crippen MR) is 138 cm³/mol. The van der Waals surface area contributed by atoms with Crippen LogP contribution >= 0.6 is 0 Å². The minimum atomic E-state index is -0.968. The highest BCUT2D eigenvalue weighted by atomic mass is 19.2. The molecule has 1 atom stereocenters. The lowest BCUT2D eigenvalue weighted by molar-refractivity contribution is -0.126. The number of piperazine rings is 1. The number of carbonyl (C=O) groups is 2. The molecule has 2 N–H and O–H groups in total. The Morgan fingerprint density at radius 3 is 2.54 bits per heavy atom. The maximum Gasteiger partial charge on any atom is 0.255 e. The van der Waals surface area contributed by atoms with Gasteiger partial charge in [0.1, 0.15) is 6.04 Å². The fraction of sp³-hybridized carbons (Fsp3) is 0.393. The first-order chi connectivity index (χ1) is 17.9. The van der Waals surface area contributed by atoms with Gasteiger partial charge in [-0.15, -0.1) is 0 Å². The number of anilines is 1. The van der Waals surface area contributed by atoms with E-state index in [0.29, 0.717) is 35.6 Å². The molecule has 9 heteroatoms. The van der Waals surface area contributed by atoms with Crippen LogP contribution in [0.25, 0.3) is 10.9 Å². The van der Waals surface area contributed by atoms with Crippen LogP contribution in [-0.4, -0.2) is 53.9 Å². The summed E-state index contributed by atoms with van der Waals surface area (Å²) in [7, 11) is 0. The average molecular weight is 509 g/mol. The molecule has 37 heavy (non-hydrogen) atoms. The number of aromatic amines is 1. The standard InChI is InChI=1S/C28H30F2N4O3/c29-22-11-10-19(14-23(22)30)33-12-13-34(25(17-33)27(36)31-16-18-6-2-1-3-7-18)28(37)21-15-26(35)32-24-9-5-4-8-20(21)24/h4-5,8-11,14-15,18,25H,1-3,6-7,12-13,16-17H2,(H,31,36)(H,32,35). The minimum absolute atomic E-state index is 0.119. The van der Waals surface area contributed by atoms with E-state index in [0.717, 1.165) is 37.8 Å². The molecule has 1 saturated carbocycles. The number of para-hydroxylation sites is 1. The number of pyridine rings is 1. The van der Waals surface area contributed by atoms with Crippen LogP contribution < -0.4 is 15.8 Å². The number of hydrogen-bond donors (Lipinski definition) is 2. The van der Waals surface area contributed by atoms with Gasteiger partial charge in [-0.05, 0) is 37.0 Å². The molecule has 1 aliphatic carbocycles. The summed E-state index contributed by atoms with van der Waals surface area (Å²) in [6.07, 6.45) is 5.63. The molecule has 0 radical (unpaired) electrons. The van der Waals surface area contributed by atoms with Gasteiger partial charge in [-0.2, -0.15) is 0 Å². The molecule has 0 bridgehead atoms. The van der Waals surface area contributed by atoms with Crippen molar-refractivity contribution in [1.82, 2.24) is 15.2 Å². The van der Waals surface area contributed by atoms with E-state index < -0.39 is 29.1 Å². The topological polar surface area (TPSA) is 85.5 Å². The van der Waals surface area contributed by atoms with Crippen molar-refractivity contribution in [3.05, 3.63) is 76.1 Å². The van der Waals surface area contributed by atoms with Gasteiger partial charge in [0.2, 0.25) is 11.5 Å². The summed E-state index contributed by atoms with van der Waals surface area (Å²) in [4.78, 5) is 45.6. The third-order valence-electron chi connectivity index (χ3n) is 7.48. The molecule has 3 aromatic rings. The molecule has 1 aromatic heterocycles. The number of nitrogens with zero attached hydrogens (tertiary/aromatic N) is 2. The number of hydrogen-bond acceptors (Lipinski definition) is 4. The van der Waals surface area contributed by atoms with Crippen molar-refractivity contribution >= 4 is 28.4 Å². The number of benzene rings is 2. The highest BCUT2D eigenvalue weighted by Gasteiger charge is 2.37. The Hall–Kier alpha value is -3.75. The van der Waals surface area contributed by atoms with E-state index in [-0.39, 0.29) is 24.6 Å². The van der Waals surface area contributed by atoms with E-state index in [9.17, 15) is 23.2 Å². The number of nitrogens with one attached hydrogen (secondary N) is 2. The number of amides is 2. The molecule has 194 valence electrons. The van der Waals surface area contributed by atoms with Crippen molar-refractivity contribution in [3.63, 3.8) is 0 Å². The van der Waals surface area contributed by atoms with Crippen LogP contribution in [0.1, 0.15) is 42.5 Å². The van der Waals surface area contributed by atoms with Crippen molar-refractivity contribution in [2.75, 3.05) is 31.1 Å². The van der Waals surface area contributed by atoms with Crippen LogP contribution in [0.5, 0.6) is 0 Å². The van der Waals surface area contributed by atoms with Gasteiger partial charge < -0.3 is 20.1 Å². The van der Waals surface area contributed by atoms with Gasteiger partial charge in [0.05, 0.1) is 5.56 Å². The molecule has 2 amide bonds. The van der Waals surface area contributed by atoms with Gasteiger partial charge in [0.15, 0.2) is 11.6 Å². The van der Waals surface area contributed by atoms with Crippen molar-refractivity contribution in [2.24, 2.45) is 5.92 Å². The largest absolute Gasteiger partial charge is 0.367 e. The second kappa shape index (κ2) is 10.7. The van der Waals surface area contributed by atoms with E-state index in [4.69, 9.17) is 0 Å². The lowest BCUT2D eigenvalue weighted by Gasteiger charge is -2.42. The third kappa shape index (κ3) is 5.35. The zero-order chi connectivity index (χ0) is 25.9. The Bertz CT molecular complexity index is 1370. The fourth-order valence-corrected chi connectivity index (χ4v) is 5.46. The summed E-state index contributed by atoms with van der Waals surface area (Å²) in [6.45, 7) is 1.16. The first kappa shape index (κ1) is 24.9. The smallest absolute Gasteiger partial charge is 0.255 e. The Kier molecular flexibility index (Phi) is 7.21. The van der Waals surface area contributed by atoms with E-state index in [1.165, 1.54) is 23.5 Å². The normalized spacial score (nSPS) is 18.7. The van der Waals surface area contributed by atoms with Crippen molar-refractivity contribution in [3.8, 4) is 0 Å². The molecule has 1 saturated heterocycles. The van der Waals surface area contributed by atoms with Gasteiger partial charge >= 0.3 is 0 Å². The van der Waals surface area contributed by atoms with Gasteiger partial charge in [-0.3, -0.25) is 14.4 Å². The molecule has 2 aromatic carbocycles. The van der Waals surface area contributed by atoms with Gasteiger partial charge in [0.25, 0.3) is 5.91 Å². The second-order valence-corrected chi connectivity index (χ2v) is 9.90. The van der Waals surface area contributed by atoms with E-state index in [1.54, 1.807) is 29.2 Å². The maximum absolute atomic E-state index is 14.0. The summed E-state index contributed by atoms with van der Waals surface area (Å²) >= 11 is 0. The highest BCUT2D eigenvalue weighted by Crippen LogP contribution is 2.26. The fourth-order valence-electron chi connectivity index (χ4n) is 5.46. The first-order valence-corrected chi connectivity index (χ1v) is 12.8. The van der Waals surface area contributed by atoms with E-state index in [1.807, 2.05) is 0 Å². The van der Waals surface area contributed by atoms with Crippen LogP contribution in [0.2, 0.25) is 0 Å². The van der Waals surface area contributed by atoms with Crippen LogP contribution in [0, 0.1) is 17.6 Å². The number of rotatable bonds is 5. The molecular weight excluding hydrogens is 478 g/mol. The molecule has 2 fully saturated rings. The van der Waals surface area contributed by atoms with Gasteiger partial charge in [-0.1, -0.05) is 37.5 Å². The number of fused-ring (bicyclic) bond motifs is 1. The van der Waals surface area contributed by atoms with Gasteiger partial charge in [0, 0.05) is 54.9 Å². The molecule has 5 rings (SSSR count). The van der Waals surface area contributed by atoms with E-state index in [2.05, 4.69) is 10.3 Å². The maximum atomic E-state index is 14.0. The Morgan fingerprint density at radius 2 is 1.76 bits per heavy atom. The van der Waals surface area contributed by atoms with Crippen LogP contribution in [0.4, 0.5) is 14.5 Å².